The van der Waals surface area contributed by atoms with Crippen molar-refractivity contribution in [2.24, 2.45) is 0 Å². The largest absolute Gasteiger partial charge is 0.493 e. The molecule has 0 amide bonds. The Bertz CT molecular complexity index is 803. The molecule has 0 aliphatic heterocycles. The molecule has 0 fully saturated rings. The predicted molar refractivity (Wildman–Crippen MR) is 75.6 cm³/mol. The molecule has 0 aliphatic rings. The molecule has 1 aromatic rings. The predicted octanol–water partition coefficient (Wildman–Crippen LogP) is 4.63. The van der Waals surface area contributed by atoms with Gasteiger partial charge in [0.15, 0.2) is 11.5 Å². The molecule has 2 N–H and O–H groups in total. The van der Waals surface area contributed by atoms with Crippen molar-refractivity contribution in [2.75, 3.05) is 7.11 Å². The second kappa shape index (κ2) is 8.45. The zero-order chi connectivity index (χ0) is 23.7. The topological polar surface area (TPSA) is 58.9 Å². The molecule has 0 saturated carbocycles. The maximum Gasteiger partial charge on any atom is 0.460 e. The second-order valence-corrected chi connectivity index (χ2v) is 5.50. The van der Waals surface area contributed by atoms with E-state index in [1.54, 1.807) is 0 Å². The third kappa shape index (κ3) is 4.26. The molecule has 0 radical (unpaired) electrons. The Morgan fingerprint density at radius 2 is 1.23 bits per heavy atom. The maximum atomic E-state index is 13.7. The minimum absolute atomic E-state index is 0.0757. The standard InChI is InChI=1S/C15H11F11O4/c1-29-8-2-6(4-27)7(5-28)3-9(8)30-11(17)10(16)12(18,19)13(20,21)14(22,23)15(24,25)26/h2-3,27-28H,4-5H2,1H3. The summed E-state index contributed by atoms with van der Waals surface area (Å²) in [6, 6.07) is -1.87. The van der Waals surface area contributed by atoms with Crippen molar-refractivity contribution in [3.63, 3.8) is 0 Å². The van der Waals surface area contributed by atoms with Gasteiger partial charge >= 0.3 is 30.0 Å². The highest BCUT2D eigenvalue weighted by Crippen LogP contribution is 2.55. The zero-order valence-corrected chi connectivity index (χ0v) is 14.4. The number of alkyl halides is 9. The van der Waals surface area contributed by atoms with Crippen molar-refractivity contribution in [1.29, 1.82) is 0 Å². The first-order valence-electron chi connectivity index (χ1n) is 7.34. The molecule has 1 rings (SSSR count). The summed E-state index contributed by atoms with van der Waals surface area (Å²) in [6.45, 7) is -1.62. The van der Waals surface area contributed by atoms with Gasteiger partial charge in [-0.15, -0.1) is 0 Å². The van der Waals surface area contributed by atoms with Crippen LogP contribution in [0.1, 0.15) is 11.1 Å². The van der Waals surface area contributed by atoms with Crippen LogP contribution in [0.2, 0.25) is 0 Å². The Hall–Kier alpha value is -2.29. The van der Waals surface area contributed by atoms with Crippen LogP contribution in [0.4, 0.5) is 48.3 Å². The third-order valence-electron chi connectivity index (χ3n) is 3.62. The quantitative estimate of drug-likeness (QED) is 0.435. The minimum atomic E-state index is -7.44. The molecular weight excluding hydrogens is 453 g/mol. The van der Waals surface area contributed by atoms with E-state index in [4.69, 9.17) is 10.2 Å². The lowest BCUT2D eigenvalue weighted by Gasteiger charge is -2.32. The molecule has 30 heavy (non-hydrogen) atoms. The number of ether oxygens (including phenoxy) is 2. The van der Waals surface area contributed by atoms with E-state index in [1.165, 1.54) is 0 Å². The van der Waals surface area contributed by atoms with Crippen molar-refractivity contribution in [1.82, 2.24) is 0 Å². The molecule has 0 atom stereocenters. The summed E-state index contributed by atoms with van der Waals surface area (Å²) in [5.41, 5.74) is -0.338. The van der Waals surface area contributed by atoms with Crippen LogP contribution < -0.4 is 9.47 Å². The van der Waals surface area contributed by atoms with Crippen molar-refractivity contribution in [2.45, 2.75) is 37.2 Å². The third-order valence-corrected chi connectivity index (χ3v) is 3.62. The second-order valence-electron chi connectivity index (χ2n) is 5.50. The normalized spacial score (nSPS) is 14.5. The molecule has 4 nitrogen and oxygen atoms in total. The van der Waals surface area contributed by atoms with Gasteiger partial charge in [-0.3, -0.25) is 0 Å². The van der Waals surface area contributed by atoms with E-state index in [2.05, 4.69) is 9.47 Å². The molecule has 0 saturated heterocycles. The van der Waals surface area contributed by atoms with Crippen molar-refractivity contribution >= 4 is 0 Å². The summed E-state index contributed by atoms with van der Waals surface area (Å²) in [5.74, 6) is -27.6. The molecule has 172 valence electrons. The van der Waals surface area contributed by atoms with Crippen LogP contribution in [-0.4, -0.2) is 41.3 Å². The van der Waals surface area contributed by atoms with Crippen molar-refractivity contribution in [3.05, 3.63) is 35.1 Å². The van der Waals surface area contributed by atoms with Crippen LogP contribution in [0.5, 0.6) is 11.5 Å². The molecule has 1 aromatic carbocycles. The van der Waals surface area contributed by atoms with Gasteiger partial charge in [0, 0.05) is 0 Å². The number of rotatable bonds is 8. The molecule has 0 aliphatic carbocycles. The zero-order valence-electron chi connectivity index (χ0n) is 14.4. The van der Waals surface area contributed by atoms with Gasteiger partial charge in [-0.05, 0) is 23.3 Å². The number of methoxy groups -OCH3 is 1. The number of aliphatic hydroxyl groups is 2. The first-order valence-corrected chi connectivity index (χ1v) is 7.34. The Morgan fingerprint density at radius 3 is 1.60 bits per heavy atom. The summed E-state index contributed by atoms with van der Waals surface area (Å²) < 4.78 is 151. The van der Waals surface area contributed by atoms with E-state index in [9.17, 15) is 48.3 Å². The number of halogens is 11. The van der Waals surface area contributed by atoms with Gasteiger partial charge in [0.05, 0.1) is 20.3 Å². The highest BCUT2D eigenvalue weighted by Gasteiger charge is 2.83. The van der Waals surface area contributed by atoms with E-state index in [1.807, 2.05) is 0 Å². The van der Waals surface area contributed by atoms with Gasteiger partial charge in [0.1, 0.15) is 0 Å². The van der Waals surface area contributed by atoms with Crippen LogP contribution in [0.25, 0.3) is 0 Å². The highest BCUT2D eigenvalue weighted by molar-refractivity contribution is 5.48. The lowest BCUT2D eigenvalue weighted by molar-refractivity contribution is -0.392. The van der Waals surface area contributed by atoms with E-state index in [0.717, 1.165) is 13.2 Å². The molecular formula is C15H11F11O4. The average molecular weight is 464 g/mol. The van der Waals surface area contributed by atoms with E-state index >= 15 is 0 Å². The fourth-order valence-corrected chi connectivity index (χ4v) is 1.96. The van der Waals surface area contributed by atoms with Gasteiger partial charge in [-0.2, -0.15) is 48.3 Å². The smallest absolute Gasteiger partial charge is 0.460 e. The molecule has 0 unspecified atom stereocenters. The van der Waals surface area contributed by atoms with Gasteiger partial charge < -0.3 is 19.7 Å². The lowest BCUT2D eigenvalue weighted by Crippen LogP contribution is -2.61. The summed E-state index contributed by atoms with van der Waals surface area (Å²) in [4.78, 5) is 0. The Labute approximate surface area is 160 Å². The summed E-state index contributed by atoms with van der Waals surface area (Å²) in [6.07, 6.45) is -7.23. The SMILES string of the molecule is COc1cc(CO)c(CO)cc1OC(F)=C(F)C(F)(F)C(F)(F)C(F)(F)C(F)(F)F. The van der Waals surface area contributed by atoms with E-state index < -0.39 is 60.5 Å². The Morgan fingerprint density at radius 1 is 0.800 bits per heavy atom. The van der Waals surface area contributed by atoms with Gasteiger partial charge in [-0.1, -0.05) is 0 Å². The summed E-state index contributed by atoms with van der Waals surface area (Å²) in [5, 5.41) is 18.2. The first-order chi connectivity index (χ1) is 13.5. The van der Waals surface area contributed by atoms with Crippen LogP contribution in [0.15, 0.2) is 24.0 Å². The van der Waals surface area contributed by atoms with Crippen LogP contribution >= 0.6 is 0 Å². The van der Waals surface area contributed by atoms with Crippen LogP contribution in [-0.2, 0) is 13.2 Å². The van der Waals surface area contributed by atoms with Gasteiger partial charge in [0.2, 0.25) is 5.83 Å². The highest BCUT2D eigenvalue weighted by atomic mass is 19.4. The van der Waals surface area contributed by atoms with Gasteiger partial charge in [0.25, 0.3) is 0 Å². The van der Waals surface area contributed by atoms with Crippen LogP contribution in [0.3, 0.4) is 0 Å². The molecule has 15 heteroatoms. The van der Waals surface area contributed by atoms with Crippen LogP contribution in [0, 0.1) is 0 Å². The molecule has 0 bridgehead atoms. The Kier molecular flexibility index (Phi) is 7.25. The first kappa shape index (κ1) is 25.7. The van der Waals surface area contributed by atoms with Gasteiger partial charge in [-0.25, -0.2) is 0 Å². The molecule has 0 heterocycles. The number of aliphatic hydroxyl groups excluding tert-OH is 2. The van der Waals surface area contributed by atoms with Crippen molar-refractivity contribution < 1.29 is 68.0 Å². The molecule has 0 spiro atoms. The molecule has 0 aromatic heterocycles. The number of benzene rings is 1. The monoisotopic (exact) mass is 464 g/mol. The minimum Gasteiger partial charge on any atom is -0.493 e. The average Bonchev–Trinajstić information content (AvgIpc) is 2.65. The fraction of sp³-hybridized carbons (Fsp3) is 0.467. The Balaban J connectivity index is 3.47. The lowest BCUT2D eigenvalue weighted by atomic mass is 10.0. The number of allylic oxidation sites excluding steroid dienone is 1. The number of hydrogen-bond donors (Lipinski definition) is 2. The number of hydrogen-bond acceptors (Lipinski definition) is 4. The fourth-order valence-electron chi connectivity index (χ4n) is 1.96. The van der Waals surface area contributed by atoms with Crippen molar-refractivity contribution in [3.8, 4) is 11.5 Å². The summed E-state index contributed by atoms with van der Waals surface area (Å²) in [7, 11) is 0.868. The summed E-state index contributed by atoms with van der Waals surface area (Å²) >= 11 is 0. The van der Waals surface area contributed by atoms with E-state index in [-0.39, 0.29) is 11.1 Å². The van der Waals surface area contributed by atoms with E-state index in [0.29, 0.717) is 6.07 Å². The maximum absolute atomic E-state index is 13.7.